The highest BCUT2D eigenvalue weighted by atomic mass is 19.1. The van der Waals surface area contributed by atoms with Crippen LogP contribution in [0.2, 0.25) is 0 Å². The Morgan fingerprint density at radius 1 is 1.05 bits per heavy atom. The summed E-state index contributed by atoms with van der Waals surface area (Å²) >= 11 is 0. The van der Waals surface area contributed by atoms with Gasteiger partial charge in [-0.05, 0) is 68.1 Å². The Bertz CT molecular complexity index is 1240. The lowest BCUT2D eigenvalue weighted by Gasteiger charge is -2.44. The van der Waals surface area contributed by atoms with Gasteiger partial charge in [0.2, 0.25) is 0 Å². The maximum atomic E-state index is 15.0. The SMILES string of the molecule is C[C@@H]1CCN([C@@H](C)COc2ccc(C3Oc4cc(O)cc(F)c4C(C)(O)C3c3ccc(O)cc3)cc2)C1. The molecular formula is C30H34FNO5. The monoisotopic (exact) mass is 507 g/mol. The lowest BCUT2D eigenvalue weighted by atomic mass is 9.71. The lowest BCUT2D eigenvalue weighted by Crippen LogP contribution is -2.41. The molecule has 37 heavy (non-hydrogen) atoms. The van der Waals surface area contributed by atoms with Gasteiger partial charge in [-0.1, -0.05) is 31.2 Å². The Labute approximate surface area is 216 Å². The van der Waals surface area contributed by atoms with Crippen molar-refractivity contribution in [2.75, 3.05) is 19.7 Å². The van der Waals surface area contributed by atoms with Crippen molar-refractivity contribution in [3.8, 4) is 23.0 Å². The number of phenols is 2. The fourth-order valence-electron chi connectivity index (χ4n) is 5.69. The van der Waals surface area contributed by atoms with Gasteiger partial charge in [0, 0.05) is 24.7 Å². The largest absolute Gasteiger partial charge is 0.508 e. The van der Waals surface area contributed by atoms with Crippen molar-refractivity contribution in [2.45, 2.75) is 50.9 Å². The van der Waals surface area contributed by atoms with Crippen LogP contribution in [0.15, 0.2) is 60.7 Å². The van der Waals surface area contributed by atoms with Crippen molar-refractivity contribution in [2.24, 2.45) is 5.92 Å². The van der Waals surface area contributed by atoms with Crippen LogP contribution in [0, 0.1) is 11.7 Å². The van der Waals surface area contributed by atoms with Gasteiger partial charge in [-0.25, -0.2) is 4.39 Å². The first-order valence-electron chi connectivity index (χ1n) is 12.8. The third-order valence-electron chi connectivity index (χ3n) is 7.74. The van der Waals surface area contributed by atoms with Gasteiger partial charge in [0.1, 0.15) is 47.1 Å². The molecule has 2 aliphatic heterocycles. The topological polar surface area (TPSA) is 82.4 Å². The van der Waals surface area contributed by atoms with Gasteiger partial charge < -0.3 is 24.8 Å². The number of hydrogen-bond acceptors (Lipinski definition) is 6. The van der Waals surface area contributed by atoms with E-state index in [2.05, 4.69) is 18.7 Å². The highest BCUT2D eigenvalue weighted by Crippen LogP contribution is 2.54. The summed E-state index contributed by atoms with van der Waals surface area (Å²) in [5.74, 6) is -0.0776. The number of halogens is 1. The molecule has 2 aliphatic rings. The highest BCUT2D eigenvalue weighted by Gasteiger charge is 2.49. The zero-order chi connectivity index (χ0) is 26.3. The van der Waals surface area contributed by atoms with Crippen molar-refractivity contribution < 1.29 is 29.2 Å². The normalized spacial score (nSPS) is 26.4. The molecule has 3 unspecified atom stereocenters. The van der Waals surface area contributed by atoms with E-state index in [0.717, 1.165) is 36.4 Å². The van der Waals surface area contributed by atoms with Crippen molar-refractivity contribution >= 4 is 0 Å². The molecule has 3 aromatic carbocycles. The minimum atomic E-state index is -1.66. The van der Waals surface area contributed by atoms with E-state index in [1.54, 1.807) is 19.1 Å². The summed E-state index contributed by atoms with van der Waals surface area (Å²) in [7, 11) is 0. The number of aliphatic hydroxyl groups is 1. The van der Waals surface area contributed by atoms with E-state index in [4.69, 9.17) is 9.47 Å². The Kier molecular flexibility index (Phi) is 6.77. The standard InChI is InChI=1S/C30H34FNO5/c1-18-12-13-32(16-18)19(2)17-36-24-10-6-21(7-11-24)29-27(20-4-8-22(33)9-5-20)30(3,35)28-25(31)14-23(34)15-26(28)37-29/h4-11,14-15,18-19,27,29,33-35H,12-13,16-17H2,1-3H3/t18-,19+,27?,29?,30?/m1/s1. The van der Waals surface area contributed by atoms with Crippen LogP contribution in [0.25, 0.3) is 0 Å². The second kappa shape index (κ2) is 9.88. The summed E-state index contributed by atoms with van der Waals surface area (Å²) in [6.45, 7) is 8.79. The third kappa shape index (κ3) is 4.98. The number of benzene rings is 3. The summed E-state index contributed by atoms with van der Waals surface area (Å²) in [5, 5.41) is 31.5. The number of fused-ring (bicyclic) bond motifs is 1. The molecule has 5 rings (SSSR count). The van der Waals surface area contributed by atoms with E-state index >= 15 is 0 Å². The van der Waals surface area contributed by atoms with Gasteiger partial charge in [-0.15, -0.1) is 0 Å². The summed E-state index contributed by atoms with van der Waals surface area (Å²) in [6.07, 6.45) is 0.532. The molecule has 5 atom stereocenters. The summed E-state index contributed by atoms with van der Waals surface area (Å²) in [5.41, 5.74) is -0.226. The molecule has 7 heteroatoms. The minimum absolute atomic E-state index is 0.00945. The zero-order valence-corrected chi connectivity index (χ0v) is 21.4. The van der Waals surface area contributed by atoms with Crippen molar-refractivity contribution in [3.63, 3.8) is 0 Å². The molecule has 0 saturated carbocycles. The van der Waals surface area contributed by atoms with Crippen LogP contribution >= 0.6 is 0 Å². The molecule has 0 aliphatic carbocycles. The molecule has 196 valence electrons. The maximum absolute atomic E-state index is 15.0. The average Bonchev–Trinajstić information content (AvgIpc) is 3.29. The third-order valence-corrected chi connectivity index (χ3v) is 7.74. The molecule has 0 amide bonds. The number of phenolic OH excluding ortho intramolecular Hbond substituents is 2. The van der Waals surface area contributed by atoms with Crippen LogP contribution in [0.4, 0.5) is 4.39 Å². The number of hydrogen-bond donors (Lipinski definition) is 3. The highest BCUT2D eigenvalue weighted by molar-refractivity contribution is 5.50. The first-order chi connectivity index (χ1) is 17.6. The Morgan fingerprint density at radius 3 is 2.38 bits per heavy atom. The number of aromatic hydroxyl groups is 2. The number of rotatable bonds is 6. The molecule has 0 radical (unpaired) electrons. The fraction of sp³-hybridized carbons (Fsp3) is 0.400. The molecule has 1 saturated heterocycles. The first-order valence-corrected chi connectivity index (χ1v) is 12.8. The van der Waals surface area contributed by atoms with E-state index in [1.165, 1.54) is 24.6 Å². The molecular weight excluding hydrogens is 473 g/mol. The van der Waals surface area contributed by atoms with Crippen molar-refractivity contribution in [3.05, 3.63) is 83.2 Å². The molecule has 0 bridgehead atoms. The van der Waals surface area contributed by atoms with Gasteiger partial charge in [0.05, 0.1) is 11.5 Å². The van der Waals surface area contributed by atoms with Gasteiger partial charge in [0.15, 0.2) is 0 Å². The van der Waals surface area contributed by atoms with Crippen LogP contribution in [0.1, 0.15) is 55.9 Å². The molecule has 3 N–H and O–H groups in total. The second-order valence-corrected chi connectivity index (χ2v) is 10.7. The molecule has 6 nitrogen and oxygen atoms in total. The van der Waals surface area contributed by atoms with Gasteiger partial charge in [0.25, 0.3) is 0 Å². The summed E-state index contributed by atoms with van der Waals surface area (Å²) in [4.78, 5) is 2.45. The Morgan fingerprint density at radius 2 is 1.73 bits per heavy atom. The van der Waals surface area contributed by atoms with E-state index in [-0.39, 0.29) is 22.8 Å². The predicted molar refractivity (Wildman–Crippen MR) is 139 cm³/mol. The maximum Gasteiger partial charge on any atom is 0.136 e. The van der Waals surface area contributed by atoms with Crippen molar-refractivity contribution in [1.29, 1.82) is 0 Å². The lowest BCUT2D eigenvalue weighted by molar-refractivity contribution is -0.0456. The van der Waals surface area contributed by atoms with Crippen molar-refractivity contribution in [1.82, 2.24) is 4.90 Å². The number of nitrogens with zero attached hydrogens (tertiary/aromatic N) is 1. The zero-order valence-electron chi connectivity index (χ0n) is 21.4. The van der Waals surface area contributed by atoms with Gasteiger partial charge in [-0.2, -0.15) is 0 Å². The van der Waals surface area contributed by atoms with Gasteiger partial charge in [-0.3, -0.25) is 4.90 Å². The van der Waals surface area contributed by atoms with E-state index in [9.17, 15) is 19.7 Å². The quantitative estimate of drug-likeness (QED) is 0.410. The molecule has 3 aromatic rings. The molecule has 1 fully saturated rings. The number of likely N-dealkylation sites (tertiary alicyclic amines) is 1. The smallest absolute Gasteiger partial charge is 0.136 e. The summed E-state index contributed by atoms with van der Waals surface area (Å²) < 4.78 is 27.3. The molecule has 0 spiro atoms. The molecule has 2 heterocycles. The van der Waals surface area contributed by atoms with Crippen LogP contribution in [-0.4, -0.2) is 46.0 Å². The van der Waals surface area contributed by atoms with Crippen LogP contribution in [0.3, 0.4) is 0 Å². The van der Waals surface area contributed by atoms with Crippen LogP contribution in [-0.2, 0) is 5.60 Å². The van der Waals surface area contributed by atoms with Crippen LogP contribution < -0.4 is 9.47 Å². The van der Waals surface area contributed by atoms with Crippen LogP contribution in [0.5, 0.6) is 23.0 Å². The second-order valence-electron chi connectivity index (χ2n) is 10.7. The Balaban J connectivity index is 1.43. The number of ether oxygens (including phenoxy) is 2. The minimum Gasteiger partial charge on any atom is -0.508 e. The fourth-order valence-corrected chi connectivity index (χ4v) is 5.69. The Hall–Kier alpha value is -3.29. The van der Waals surface area contributed by atoms with E-state index in [1.807, 2.05) is 24.3 Å². The first kappa shape index (κ1) is 25.4. The predicted octanol–water partition coefficient (Wildman–Crippen LogP) is 5.47. The van der Waals surface area contributed by atoms with E-state index < -0.39 is 23.4 Å². The van der Waals surface area contributed by atoms with E-state index in [0.29, 0.717) is 18.2 Å². The van der Waals surface area contributed by atoms with Gasteiger partial charge >= 0.3 is 0 Å². The summed E-state index contributed by atoms with van der Waals surface area (Å²) in [6, 6.07) is 16.6. The molecule has 0 aromatic heterocycles. The average molecular weight is 508 g/mol.